The van der Waals surface area contributed by atoms with Gasteiger partial charge in [0.25, 0.3) is 0 Å². The summed E-state index contributed by atoms with van der Waals surface area (Å²) >= 11 is 5.88. The Morgan fingerprint density at radius 2 is 2.04 bits per heavy atom. The van der Waals surface area contributed by atoms with E-state index in [0.717, 1.165) is 0 Å². The molecule has 8 nitrogen and oxygen atoms in total. The zero-order chi connectivity index (χ0) is 20.2. The van der Waals surface area contributed by atoms with Gasteiger partial charge in [-0.05, 0) is 37.0 Å². The second-order valence-corrected chi connectivity index (χ2v) is 9.72. The van der Waals surface area contributed by atoms with Gasteiger partial charge in [-0.15, -0.1) is 0 Å². The molecule has 0 saturated carbocycles. The topological polar surface area (TPSA) is 125 Å². The summed E-state index contributed by atoms with van der Waals surface area (Å²) in [5.74, 6) is -0.590. The molecule has 1 fully saturated rings. The quantitative estimate of drug-likeness (QED) is 0.526. The van der Waals surface area contributed by atoms with Crippen LogP contribution in [0.1, 0.15) is 26.7 Å². The molecular weight excluding hydrogens is 394 g/mol. The van der Waals surface area contributed by atoms with E-state index in [9.17, 15) is 23.1 Å². The van der Waals surface area contributed by atoms with Crippen molar-refractivity contribution in [3.63, 3.8) is 0 Å². The monoisotopic (exact) mass is 417 g/mol. The highest BCUT2D eigenvalue weighted by Gasteiger charge is 2.30. The maximum absolute atomic E-state index is 12.6. The average molecular weight is 418 g/mol. The zero-order valence-corrected chi connectivity index (χ0v) is 16.7. The molecule has 0 spiro atoms. The summed E-state index contributed by atoms with van der Waals surface area (Å²) < 4.78 is 23.0. The summed E-state index contributed by atoms with van der Waals surface area (Å²) in [6.07, 6.45) is 0.719. The molecule has 1 heterocycles. The number of phenols is 1. The highest BCUT2D eigenvalue weighted by molar-refractivity contribution is 7.91. The Hall–Kier alpha value is -2.00. The van der Waals surface area contributed by atoms with Gasteiger partial charge in [-0.2, -0.15) is 0 Å². The minimum Gasteiger partial charge on any atom is -0.506 e. The molecule has 0 radical (unpaired) electrons. The Bertz CT molecular complexity index is 813. The standard InChI is InChI=1S/C17H24ClN3O5S/c1-10(2)7-14(16(23)20-13-8-11(18)3-4-15(13)22)21-17(24)19-12-5-6-27(25,26)9-12/h3-4,8,10,12,14,22H,5-7,9H2,1-2H3,(H,20,23)(H2,19,21,24)/t12?,14-/m1/s1. The van der Waals surface area contributed by atoms with Crippen molar-refractivity contribution in [2.75, 3.05) is 16.8 Å². The summed E-state index contributed by atoms with van der Waals surface area (Å²) in [5.41, 5.74) is 0.144. The molecule has 1 unspecified atom stereocenters. The fourth-order valence-electron chi connectivity index (χ4n) is 2.83. The van der Waals surface area contributed by atoms with Crippen molar-refractivity contribution in [1.82, 2.24) is 10.6 Å². The molecule has 1 aliphatic rings. The number of carbonyl (C=O) groups is 2. The Morgan fingerprint density at radius 3 is 2.63 bits per heavy atom. The number of carbonyl (C=O) groups excluding carboxylic acids is 2. The number of phenolic OH excluding ortho intramolecular Hbond substituents is 1. The van der Waals surface area contributed by atoms with Crippen LogP contribution in [0.15, 0.2) is 18.2 Å². The second kappa shape index (κ2) is 8.79. The van der Waals surface area contributed by atoms with E-state index >= 15 is 0 Å². The van der Waals surface area contributed by atoms with E-state index in [0.29, 0.717) is 17.9 Å². The van der Waals surface area contributed by atoms with Gasteiger partial charge in [-0.3, -0.25) is 4.79 Å². The summed E-state index contributed by atoms with van der Waals surface area (Å²) in [7, 11) is -3.12. The van der Waals surface area contributed by atoms with Crippen LogP contribution in [0.3, 0.4) is 0 Å². The number of sulfone groups is 1. The third kappa shape index (κ3) is 6.59. The number of nitrogens with one attached hydrogen (secondary N) is 3. The van der Waals surface area contributed by atoms with Gasteiger partial charge in [-0.1, -0.05) is 25.4 Å². The van der Waals surface area contributed by atoms with Gasteiger partial charge in [0.15, 0.2) is 9.84 Å². The zero-order valence-electron chi connectivity index (χ0n) is 15.2. The van der Waals surface area contributed by atoms with E-state index in [2.05, 4.69) is 16.0 Å². The maximum atomic E-state index is 12.6. The molecule has 150 valence electrons. The first-order valence-electron chi connectivity index (χ1n) is 8.62. The highest BCUT2D eigenvalue weighted by Crippen LogP contribution is 2.26. The van der Waals surface area contributed by atoms with E-state index in [-0.39, 0.29) is 28.9 Å². The molecule has 3 amide bonds. The molecule has 1 aromatic rings. The molecule has 2 atom stereocenters. The predicted molar refractivity (Wildman–Crippen MR) is 104 cm³/mol. The van der Waals surface area contributed by atoms with Gasteiger partial charge in [0.2, 0.25) is 5.91 Å². The SMILES string of the molecule is CC(C)C[C@@H](NC(=O)NC1CCS(=O)(=O)C1)C(=O)Nc1cc(Cl)ccc1O. The number of hydrogen-bond acceptors (Lipinski definition) is 5. The summed E-state index contributed by atoms with van der Waals surface area (Å²) in [5, 5.41) is 17.9. The lowest BCUT2D eigenvalue weighted by Crippen LogP contribution is -2.51. The van der Waals surface area contributed by atoms with E-state index in [1.165, 1.54) is 18.2 Å². The van der Waals surface area contributed by atoms with Crippen LogP contribution in [-0.4, -0.2) is 49.1 Å². The van der Waals surface area contributed by atoms with Crippen LogP contribution in [0.5, 0.6) is 5.75 Å². The average Bonchev–Trinajstić information content (AvgIpc) is 2.88. The summed E-state index contributed by atoms with van der Waals surface area (Å²) in [4.78, 5) is 24.8. The Labute approximate surface area is 163 Å². The van der Waals surface area contributed by atoms with Gasteiger partial charge in [0, 0.05) is 11.1 Å². The number of benzene rings is 1. The normalized spacial score (nSPS) is 19.5. The van der Waals surface area contributed by atoms with E-state index in [1.54, 1.807) is 0 Å². The van der Waals surface area contributed by atoms with Crippen LogP contribution < -0.4 is 16.0 Å². The molecule has 1 saturated heterocycles. The molecule has 1 aliphatic heterocycles. The first kappa shape index (κ1) is 21.3. The molecule has 0 aliphatic carbocycles. The number of rotatable bonds is 6. The number of halogens is 1. The van der Waals surface area contributed by atoms with Crippen molar-refractivity contribution < 1.29 is 23.1 Å². The molecule has 4 N–H and O–H groups in total. The van der Waals surface area contributed by atoms with Gasteiger partial charge in [-0.25, -0.2) is 13.2 Å². The van der Waals surface area contributed by atoms with Crippen molar-refractivity contribution in [2.45, 2.75) is 38.8 Å². The van der Waals surface area contributed by atoms with Crippen LogP contribution >= 0.6 is 11.6 Å². The van der Waals surface area contributed by atoms with Gasteiger partial charge in [0.05, 0.1) is 17.2 Å². The van der Waals surface area contributed by atoms with E-state index in [4.69, 9.17) is 11.6 Å². The number of urea groups is 1. The number of amides is 3. The second-order valence-electron chi connectivity index (χ2n) is 7.05. The molecule has 1 aromatic carbocycles. The number of aromatic hydroxyl groups is 1. The number of anilines is 1. The smallest absolute Gasteiger partial charge is 0.315 e. The van der Waals surface area contributed by atoms with Gasteiger partial charge in [0.1, 0.15) is 11.8 Å². The lowest BCUT2D eigenvalue weighted by molar-refractivity contribution is -0.118. The Balaban J connectivity index is 2.02. The molecule has 0 aromatic heterocycles. The fraction of sp³-hybridized carbons (Fsp3) is 0.529. The van der Waals surface area contributed by atoms with Crippen LogP contribution in [0, 0.1) is 5.92 Å². The largest absolute Gasteiger partial charge is 0.506 e. The minimum atomic E-state index is -3.12. The molecule has 10 heteroatoms. The predicted octanol–water partition coefficient (Wildman–Crippen LogP) is 1.89. The fourth-order valence-corrected chi connectivity index (χ4v) is 4.67. The van der Waals surface area contributed by atoms with Crippen LogP contribution in [0.4, 0.5) is 10.5 Å². The molecular formula is C17H24ClN3O5S. The molecule has 0 bridgehead atoms. The lowest BCUT2D eigenvalue weighted by atomic mass is 10.0. The Morgan fingerprint density at radius 1 is 1.33 bits per heavy atom. The summed E-state index contributed by atoms with van der Waals surface area (Å²) in [6, 6.07) is 2.32. The van der Waals surface area contributed by atoms with Gasteiger partial charge >= 0.3 is 6.03 Å². The highest BCUT2D eigenvalue weighted by atomic mass is 35.5. The van der Waals surface area contributed by atoms with Crippen molar-refractivity contribution in [2.24, 2.45) is 5.92 Å². The third-order valence-electron chi connectivity index (χ3n) is 4.11. The number of hydrogen-bond donors (Lipinski definition) is 4. The minimum absolute atomic E-state index is 0.0436. The van der Waals surface area contributed by atoms with Crippen molar-refractivity contribution >= 4 is 39.1 Å². The molecule has 27 heavy (non-hydrogen) atoms. The van der Waals surface area contributed by atoms with E-state index < -0.39 is 33.9 Å². The third-order valence-corrected chi connectivity index (χ3v) is 6.12. The maximum Gasteiger partial charge on any atom is 0.315 e. The van der Waals surface area contributed by atoms with Crippen molar-refractivity contribution in [1.29, 1.82) is 0 Å². The van der Waals surface area contributed by atoms with Crippen LogP contribution in [0.25, 0.3) is 0 Å². The van der Waals surface area contributed by atoms with E-state index in [1.807, 2.05) is 13.8 Å². The Kier molecular flexibility index (Phi) is 6.94. The van der Waals surface area contributed by atoms with Crippen molar-refractivity contribution in [3.05, 3.63) is 23.2 Å². The first-order chi connectivity index (χ1) is 12.6. The summed E-state index contributed by atoms with van der Waals surface area (Å²) in [6.45, 7) is 3.81. The van der Waals surface area contributed by atoms with Crippen molar-refractivity contribution in [3.8, 4) is 5.75 Å². The lowest BCUT2D eigenvalue weighted by Gasteiger charge is -2.22. The molecule has 2 rings (SSSR count). The van der Waals surface area contributed by atoms with Crippen LogP contribution in [0.2, 0.25) is 5.02 Å². The van der Waals surface area contributed by atoms with Gasteiger partial charge < -0.3 is 21.1 Å². The first-order valence-corrected chi connectivity index (χ1v) is 10.8. The van der Waals surface area contributed by atoms with Crippen LogP contribution in [-0.2, 0) is 14.6 Å².